The van der Waals surface area contributed by atoms with Crippen LogP contribution in [-0.4, -0.2) is 46.6 Å². The van der Waals surface area contributed by atoms with E-state index in [1.165, 1.54) is 12.1 Å². The second-order valence-electron chi connectivity index (χ2n) is 8.95. The maximum atomic E-state index is 13.3. The molecule has 0 heterocycles. The standard InChI is InChI=1S/C24H37F2NO5/c1-32-27-22-15-23(29)21(6-4-2-3-5-7-24(30)31)20(22)11-10-19(28)9-8-16-12-17(25)14-18(26)13-16/h12-14,19-23,27-29H,2-11,15H2,1H3,(H,30,31). The summed E-state index contributed by atoms with van der Waals surface area (Å²) in [5.41, 5.74) is 3.51. The van der Waals surface area contributed by atoms with Gasteiger partial charge in [-0.2, -0.15) is 5.48 Å². The summed E-state index contributed by atoms with van der Waals surface area (Å²) in [4.78, 5) is 15.7. The van der Waals surface area contributed by atoms with Gasteiger partial charge < -0.3 is 20.2 Å². The molecule has 1 fully saturated rings. The number of aliphatic carboxylic acids is 1. The summed E-state index contributed by atoms with van der Waals surface area (Å²) in [5.74, 6) is -1.77. The fourth-order valence-corrected chi connectivity index (χ4v) is 4.93. The number of hydroxylamine groups is 1. The van der Waals surface area contributed by atoms with Crippen molar-refractivity contribution in [3.05, 3.63) is 35.4 Å². The number of benzene rings is 1. The van der Waals surface area contributed by atoms with Gasteiger partial charge in [0, 0.05) is 18.5 Å². The average molecular weight is 458 g/mol. The van der Waals surface area contributed by atoms with Crippen LogP contribution in [0.25, 0.3) is 0 Å². The van der Waals surface area contributed by atoms with Crippen molar-refractivity contribution in [1.29, 1.82) is 0 Å². The summed E-state index contributed by atoms with van der Waals surface area (Å²) in [6.07, 6.45) is 6.00. The minimum Gasteiger partial charge on any atom is -0.481 e. The van der Waals surface area contributed by atoms with Crippen molar-refractivity contribution in [2.24, 2.45) is 11.8 Å². The van der Waals surface area contributed by atoms with Crippen molar-refractivity contribution in [2.75, 3.05) is 7.11 Å². The molecule has 5 atom stereocenters. The molecule has 1 aliphatic carbocycles. The summed E-state index contributed by atoms with van der Waals surface area (Å²) >= 11 is 0. The zero-order valence-corrected chi connectivity index (χ0v) is 18.8. The zero-order chi connectivity index (χ0) is 23.5. The molecule has 6 nitrogen and oxygen atoms in total. The number of carboxylic acid groups (broad SMARTS) is 1. The summed E-state index contributed by atoms with van der Waals surface area (Å²) in [6, 6.07) is 3.40. The highest BCUT2D eigenvalue weighted by atomic mass is 19.1. The first kappa shape index (κ1) is 26.6. The lowest BCUT2D eigenvalue weighted by Gasteiger charge is -2.26. The average Bonchev–Trinajstić information content (AvgIpc) is 3.01. The Bertz CT molecular complexity index is 685. The van der Waals surface area contributed by atoms with Gasteiger partial charge >= 0.3 is 5.97 Å². The van der Waals surface area contributed by atoms with E-state index in [9.17, 15) is 23.8 Å². The van der Waals surface area contributed by atoms with E-state index < -0.39 is 29.8 Å². The van der Waals surface area contributed by atoms with Crippen molar-refractivity contribution in [3.63, 3.8) is 0 Å². The van der Waals surface area contributed by atoms with E-state index in [4.69, 9.17) is 9.94 Å². The third-order valence-electron chi connectivity index (χ3n) is 6.53. The van der Waals surface area contributed by atoms with Gasteiger partial charge in [0.2, 0.25) is 0 Å². The Morgan fingerprint density at radius 2 is 1.78 bits per heavy atom. The molecule has 2 rings (SSSR count). The highest BCUT2D eigenvalue weighted by molar-refractivity contribution is 5.66. The quantitative estimate of drug-likeness (QED) is 0.235. The van der Waals surface area contributed by atoms with Gasteiger partial charge in [0.05, 0.1) is 19.3 Å². The summed E-state index contributed by atoms with van der Waals surface area (Å²) in [7, 11) is 1.55. The monoisotopic (exact) mass is 457 g/mol. The smallest absolute Gasteiger partial charge is 0.303 e. The molecule has 0 radical (unpaired) electrons. The molecule has 32 heavy (non-hydrogen) atoms. The van der Waals surface area contributed by atoms with E-state index in [0.717, 1.165) is 31.7 Å². The second kappa shape index (κ2) is 13.8. The largest absolute Gasteiger partial charge is 0.481 e. The van der Waals surface area contributed by atoms with Crippen molar-refractivity contribution in [1.82, 2.24) is 5.48 Å². The number of hydrogen-bond acceptors (Lipinski definition) is 5. The van der Waals surface area contributed by atoms with Crippen LogP contribution in [0.1, 0.15) is 69.8 Å². The number of aliphatic hydroxyl groups excluding tert-OH is 2. The molecule has 0 saturated heterocycles. The first-order chi connectivity index (χ1) is 15.3. The third kappa shape index (κ3) is 9.10. The van der Waals surface area contributed by atoms with Crippen molar-refractivity contribution >= 4 is 5.97 Å². The van der Waals surface area contributed by atoms with Gasteiger partial charge in [0.25, 0.3) is 0 Å². The lowest BCUT2D eigenvalue weighted by Crippen LogP contribution is -2.34. The van der Waals surface area contributed by atoms with Gasteiger partial charge in [-0.25, -0.2) is 8.78 Å². The molecule has 0 bridgehead atoms. The van der Waals surface area contributed by atoms with Gasteiger partial charge in [-0.1, -0.05) is 19.3 Å². The zero-order valence-electron chi connectivity index (χ0n) is 18.8. The van der Waals surface area contributed by atoms with Crippen LogP contribution in [0, 0.1) is 23.5 Å². The molecule has 1 aromatic carbocycles. The number of aryl methyl sites for hydroxylation is 1. The van der Waals surface area contributed by atoms with Crippen molar-refractivity contribution in [2.45, 2.75) is 88.9 Å². The van der Waals surface area contributed by atoms with E-state index in [-0.39, 0.29) is 24.3 Å². The van der Waals surface area contributed by atoms with Crippen LogP contribution in [0.15, 0.2) is 18.2 Å². The minimum absolute atomic E-state index is 0.00322. The van der Waals surface area contributed by atoms with Crippen LogP contribution >= 0.6 is 0 Å². The highest BCUT2D eigenvalue weighted by Crippen LogP contribution is 2.39. The second-order valence-corrected chi connectivity index (χ2v) is 8.95. The van der Waals surface area contributed by atoms with Gasteiger partial charge in [-0.15, -0.1) is 0 Å². The first-order valence-electron chi connectivity index (χ1n) is 11.6. The predicted molar refractivity (Wildman–Crippen MR) is 117 cm³/mol. The number of carbonyl (C=O) groups is 1. The lowest BCUT2D eigenvalue weighted by atomic mass is 9.84. The maximum absolute atomic E-state index is 13.3. The van der Waals surface area contributed by atoms with Crippen LogP contribution in [0.5, 0.6) is 0 Å². The molecule has 0 aliphatic heterocycles. The number of carboxylic acids is 1. The van der Waals surface area contributed by atoms with Gasteiger partial charge in [0.15, 0.2) is 0 Å². The number of halogens is 2. The van der Waals surface area contributed by atoms with E-state index in [1.807, 2.05) is 0 Å². The predicted octanol–water partition coefficient (Wildman–Crippen LogP) is 3.98. The molecule has 4 N–H and O–H groups in total. The van der Waals surface area contributed by atoms with Gasteiger partial charge in [-0.05, 0) is 74.5 Å². The van der Waals surface area contributed by atoms with Crippen molar-refractivity contribution in [3.8, 4) is 0 Å². The van der Waals surface area contributed by atoms with E-state index in [2.05, 4.69) is 5.48 Å². The molecule has 0 spiro atoms. The highest BCUT2D eigenvalue weighted by Gasteiger charge is 2.41. The molecule has 182 valence electrons. The van der Waals surface area contributed by atoms with Crippen LogP contribution in [-0.2, 0) is 16.1 Å². The Balaban J connectivity index is 1.81. The molecule has 1 saturated carbocycles. The Hall–Kier alpha value is -1.61. The Morgan fingerprint density at radius 3 is 2.44 bits per heavy atom. The van der Waals surface area contributed by atoms with Crippen LogP contribution in [0.4, 0.5) is 8.78 Å². The van der Waals surface area contributed by atoms with Crippen LogP contribution < -0.4 is 5.48 Å². The molecule has 5 unspecified atom stereocenters. The van der Waals surface area contributed by atoms with Gasteiger partial charge in [-0.3, -0.25) is 4.79 Å². The Labute approximate surface area is 188 Å². The number of aliphatic hydroxyl groups is 2. The lowest BCUT2D eigenvalue weighted by molar-refractivity contribution is -0.137. The molecule has 0 amide bonds. The molecule has 0 aromatic heterocycles. The van der Waals surface area contributed by atoms with Crippen LogP contribution in [0.3, 0.4) is 0 Å². The SMILES string of the molecule is CONC1CC(O)C(CCCCCCC(=O)O)C1CCC(O)CCc1cc(F)cc(F)c1. The molecule has 1 aliphatic rings. The normalized spacial score (nSPS) is 24.0. The summed E-state index contributed by atoms with van der Waals surface area (Å²) in [6.45, 7) is 0. The third-order valence-corrected chi connectivity index (χ3v) is 6.53. The van der Waals surface area contributed by atoms with E-state index in [1.54, 1.807) is 7.11 Å². The topological polar surface area (TPSA) is 99.0 Å². The fourth-order valence-electron chi connectivity index (χ4n) is 4.93. The van der Waals surface area contributed by atoms with Gasteiger partial charge in [0.1, 0.15) is 11.6 Å². The Morgan fingerprint density at radius 1 is 1.09 bits per heavy atom. The number of unbranched alkanes of at least 4 members (excludes halogenated alkanes) is 3. The van der Waals surface area contributed by atoms with Crippen molar-refractivity contribution < 1.29 is 33.7 Å². The fraction of sp³-hybridized carbons (Fsp3) is 0.708. The summed E-state index contributed by atoms with van der Waals surface area (Å²) in [5, 5.41) is 29.8. The Kier molecular flexibility index (Phi) is 11.5. The minimum atomic E-state index is -0.772. The summed E-state index contributed by atoms with van der Waals surface area (Å²) < 4.78 is 26.7. The first-order valence-corrected chi connectivity index (χ1v) is 11.6. The molecule has 8 heteroatoms. The maximum Gasteiger partial charge on any atom is 0.303 e. The molecular weight excluding hydrogens is 420 g/mol. The van der Waals surface area contributed by atoms with Crippen LogP contribution in [0.2, 0.25) is 0 Å². The van der Waals surface area contributed by atoms with E-state index in [0.29, 0.717) is 44.1 Å². The number of nitrogens with one attached hydrogen (secondary N) is 1. The molecular formula is C24H37F2NO5. The molecule has 1 aromatic rings. The number of hydrogen-bond donors (Lipinski definition) is 4. The van der Waals surface area contributed by atoms with E-state index >= 15 is 0 Å². The number of rotatable bonds is 15.